The van der Waals surface area contributed by atoms with E-state index in [1.165, 1.54) is 49.9 Å². The zero-order chi connectivity index (χ0) is 16.9. The molecule has 2 nitrogen and oxygen atoms in total. The van der Waals surface area contributed by atoms with E-state index in [1.54, 1.807) is 6.07 Å². The lowest BCUT2D eigenvalue weighted by atomic mass is 9.80. The van der Waals surface area contributed by atoms with Gasteiger partial charge in [-0.1, -0.05) is 43.9 Å². The van der Waals surface area contributed by atoms with Crippen LogP contribution >= 0.6 is 11.3 Å². The van der Waals surface area contributed by atoms with Crippen LogP contribution in [0.2, 0.25) is 0 Å². The minimum atomic E-state index is -0.269. The molecule has 3 rings (SSSR count). The highest BCUT2D eigenvalue weighted by Gasteiger charge is 2.21. The Morgan fingerprint density at radius 2 is 1.83 bits per heavy atom. The van der Waals surface area contributed by atoms with Crippen LogP contribution in [0.1, 0.15) is 52.4 Å². The van der Waals surface area contributed by atoms with Gasteiger partial charge in [0.05, 0.1) is 17.9 Å². The van der Waals surface area contributed by atoms with Crippen LogP contribution in [-0.2, 0) is 0 Å². The first-order chi connectivity index (χ1) is 11.7. The molecule has 1 aromatic carbocycles. The minimum absolute atomic E-state index is 0.269. The fourth-order valence-electron chi connectivity index (χ4n) is 3.66. The summed E-state index contributed by atoms with van der Waals surface area (Å²) in [6.45, 7) is 5.36. The van der Waals surface area contributed by atoms with Crippen LogP contribution in [0.5, 0.6) is 10.8 Å². The van der Waals surface area contributed by atoms with Crippen LogP contribution in [0, 0.1) is 17.7 Å². The maximum Gasteiger partial charge on any atom is 0.182 e. The maximum absolute atomic E-state index is 14.4. The zero-order valence-electron chi connectivity index (χ0n) is 14.6. The Morgan fingerprint density at radius 1 is 1.08 bits per heavy atom. The lowest BCUT2D eigenvalue weighted by Gasteiger charge is -2.27. The van der Waals surface area contributed by atoms with Crippen LogP contribution in [0.25, 0.3) is 10.1 Å². The van der Waals surface area contributed by atoms with Gasteiger partial charge in [0.15, 0.2) is 16.6 Å². The summed E-state index contributed by atoms with van der Waals surface area (Å²) >= 11 is 1.38. The topological polar surface area (TPSA) is 18.5 Å². The van der Waals surface area contributed by atoms with Gasteiger partial charge in [-0.2, -0.15) is 0 Å². The van der Waals surface area contributed by atoms with E-state index in [0.29, 0.717) is 23.0 Å². The summed E-state index contributed by atoms with van der Waals surface area (Å²) in [7, 11) is 0. The first-order valence-electron chi connectivity index (χ1n) is 9.18. The Morgan fingerprint density at radius 3 is 2.54 bits per heavy atom. The molecule has 1 heterocycles. The van der Waals surface area contributed by atoms with Crippen LogP contribution in [0.15, 0.2) is 18.2 Å². The number of rotatable bonds is 7. The van der Waals surface area contributed by atoms with E-state index in [1.807, 2.05) is 19.1 Å². The summed E-state index contributed by atoms with van der Waals surface area (Å²) in [5.41, 5.74) is 0. The van der Waals surface area contributed by atoms with Gasteiger partial charge in [0.25, 0.3) is 0 Å². The fraction of sp³-hybridized carbons (Fsp3) is 0.600. The number of hydrogen-bond donors (Lipinski definition) is 0. The third kappa shape index (κ3) is 4.02. The smallest absolute Gasteiger partial charge is 0.182 e. The number of halogens is 1. The van der Waals surface area contributed by atoms with Gasteiger partial charge in [-0.15, -0.1) is 0 Å². The highest BCUT2D eigenvalue weighted by atomic mass is 32.1. The van der Waals surface area contributed by atoms with Gasteiger partial charge in [0.2, 0.25) is 0 Å². The van der Waals surface area contributed by atoms with Gasteiger partial charge in [-0.3, -0.25) is 0 Å². The second-order valence-electron chi connectivity index (χ2n) is 6.78. The van der Waals surface area contributed by atoms with Crippen LogP contribution < -0.4 is 9.47 Å². The van der Waals surface area contributed by atoms with E-state index in [9.17, 15) is 4.39 Å². The molecular weight excluding hydrogens is 323 g/mol. The van der Waals surface area contributed by atoms with Crippen molar-refractivity contribution in [2.45, 2.75) is 52.4 Å². The molecule has 1 aromatic heterocycles. The highest BCUT2D eigenvalue weighted by molar-refractivity contribution is 7.20. The summed E-state index contributed by atoms with van der Waals surface area (Å²) in [6.07, 6.45) is 7.85. The predicted molar refractivity (Wildman–Crippen MR) is 98.8 cm³/mol. The molecule has 1 fully saturated rings. The molecule has 0 radical (unpaired) electrons. The molecule has 1 aliphatic carbocycles. The number of benzene rings is 1. The summed E-state index contributed by atoms with van der Waals surface area (Å²) in [5.74, 6) is 1.62. The molecule has 24 heavy (non-hydrogen) atoms. The maximum atomic E-state index is 14.4. The molecule has 1 saturated carbocycles. The Labute approximate surface area is 148 Å². The SMILES string of the molecule is CCCC1CCC(COc2cc3ccc(OCC)c(F)c3s2)CC1. The van der Waals surface area contributed by atoms with Gasteiger partial charge in [0, 0.05) is 0 Å². The lowest BCUT2D eigenvalue weighted by molar-refractivity contribution is 0.182. The summed E-state index contributed by atoms with van der Waals surface area (Å²) < 4.78 is 26.4. The predicted octanol–water partition coefficient (Wildman–Crippen LogP) is 6.42. The summed E-state index contributed by atoms with van der Waals surface area (Å²) in [6, 6.07) is 5.55. The van der Waals surface area contributed by atoms with Crippen molar-refractivity contribution in [3.63, 3.8) is 0 Å². The second-order valence-corrected chi connectivity index (χ2v) is 7.80. The molecule has 0 atom stereocenters. The van der Waals surface area contributed by atoms with Crippen LogP contribution in [0.3, 0.4) is 0 Å². The molecule has 0 aliphatic heterocycles. The van der Waals surface area contributed by atoms with Crippen molar-refractivity contribution >= 4 is 21.4 Å². The molecule has 132 valence electrons. The van der Waals surface area contributed by atoms with Crippen molar-refractivity contribution in [3.8, 4) is 10.8 Å². The van der Waals surface area contributed by atoms with E-state index < -0.39 is 0 Å². The lowest BCUT2D eigenvalue weighted by Crippen LogP contribution is -2.19. The number of fused-ring (bicyclic) bond motifs is 1. The van der Waals surface area contributed by atoms with Crippen LogP contribution in [0.4, 0.5) is 4.39 Å². The second kappa shape index (κ2) is 8.19. The van der Waals surface area contributed by atoms with Gasteiger partial charge in [0.1, 0.15) is 0 Å². The average molecular weight is 350 g/mol. The molecule has 0 spiro atoms. The summed E-state index contributed by atoms with van der Waals surface area (Å²) in [5, 5.41) is 1.70. The molecule has 0 saturated heterocycles. The molecule has 2 aromatic rings. The quantitative estimate of drug-likeness (QED) is 0.573. The molecule has 0 amide bonds. The van der Waals surface area contributed by atoms with Gasteiger partial charge < -0.3 is 9.47 Å². The molecular formula is C20H27FO2S. The summed E-state index contributed by atoms with van der Waals surface area (Å²) in [4.78, 5) is 0. The van der Waals surface area contributed by atoms with E-state index in [2.05, 4.69) is 6.92 Å². The fourth-order valence-corrected chi connectivity index (χ4v) is 4.61. The Balaban J connectivity index is 1.59. The Bertz CT molecular complexity index is 659. The largest absolute Gasteiger partial charge is 0.491 e. The Kier molecular flexibility index (Phi) is 5.99. The van der Waals surface area contributed by atoms with E-state index in [-0.39, 0.29) is 5.82 Å². The van der Waals surface area contributed by atoms with Crippen molar-refractivity contribution in [2.75, 3.05) is 13.2 Å². The van der Waals surface area contributed by atoms with E-state index in [0.717, 1.165) is 23.0 Å². The Hall–Kier alpha value is -1.29. The van der Waals surface area contributed by atoms with Crippen molar-refractivity contribution in [3.05, 3.63) is 24.0 Å². The minimum Gasteiger partial charge on any atom is -0.491 e. The molecule has 1 aliphatic rings. The van der Waals surface area contributed by atoms with Gasteiger partial charge >= 0.3 is 0 Å². The van der Waals surface area contributed by atoms with Crippen molar-refractivity contribution in [1.82, 2.24) is 0 Å². The van der Waals surface area contributed by atoms with E-state index >= 15 is 0 Å². The number of ether oxygens (including phenoxy) is 2. The molecule has 0 N–H and O–H groups in total. The highest BCUT2D eigenvalue weighted by Crippen LogP contribution is 2.38. The van der Waals surface area contributed by atoms with Crippen molar-refractivity contribution in [2.24, 2.45) is 11.8 Å². The average Bonchev–Trinajstić information content (AvgIpc) is 3.01. The molecule has 0 unspecified atom stereocenters. The monoisotopic (exact) mass is 350 g/mol. The van der Waals surface area contributed by atoms with E-state index in [4.69, 9.17) is 9.47 Å². The van der Waals surface area contributed by atoms with Gasteiger partial charge in [-0.25, -0.2) is 4.39 Å². The zero-order valence-corrected chi connectivity index (χ0v) is 15.5. The third-order valence-electron chi connectivity index (χ3n) is 4.99. The van der Waals surface area contributed by atoms with Gasteiger partial charge in [-0.05, 0) is 55.2 Å². The van der Waals surface area contributed by atoms with Crippen molar-refractivity contribution in [1.29, 1.82) is 0 Å². The number of hydrogen-bond acceptors (Lipinski definition) is 3. The molecule has 0 bridgehead atoms. The first kappa shape index (κ1) is 17.5. The van der Waals surface area contributed by atoms with Crippen LogP contribution in [-0.4, -0.2) is 13.2 Å². The first-order valence-corrected chi connectivity index (χ1v) is 10.0. The molecule has 4 heteroatoms. The van der Waals surface area contributed by atoms with Crippen molar-refractivity contribution < 1.29 is 13.9 Å². The standard InChI is InChI=1S/C20H27FO2S/c1-3-5-14-6-8-15(9-7-14)13-23-18-12-16-10-11-17(22-4-2)19(21)20(16)24-18/h10-12,14-15H,3-9,13H2,1-2H3. The normalized spacial score (nSPS) is 21.1. The third-order valence-corrected chi connectivity index (χ3v) is 6.05. The number of thiophene rings is 1.